The van der Waals surface area contributed by atoms with E-state index in [-0.39, 0.29) is 54.9 Å². The van der Waals surface area contributed by atoms with Crippen LogP contribution in [0.15, 0.2) is 36.5 Å². The Hall–Kier alpha value is -3.46. The monoisotopic (exact) mass is 473 g/mol. The van der Waals surface area contributed by atoms with Gasteiger partial charge in [-0.25, -0.2) is 18.0 Å². The fraction of sp³-hybridized carbons (Fsp3) is 0.320. The molecular weight excluding hydrogens is 451 g/mol. The van der Waals surface area contributed by atoms with E-state index in [1.807, 2.05) is 0 Å². The average Bonchev–Trinajstić information content (AvgIpc) is 2.85. The van der Waals surface area contributed by atoms with Gasteiger partial charge in [0, 0.05) is 42.0 Å². The molecular formula is C25H22F3NO5. The number of esters is 2. The highest BCUT2D eigenvalue weighted by Crippen LogP contribution is 2.43. The number of nitrogens with zero attached hydrogens (tertiary/aromatic N) is 1. The second kappa shape index (κ2) is 9.42. The molecule has 178 valence electrons. The van der Waals surface area contributed by atoms with Gasteiger partial charge in [0.25, 0.3) is 0 Å². The molecule has 0 bridgehead atoms. The molecule has 1 aromatic heterocycles. The Kier molecular flexibility index (Phi) is 6.56. The fourth-order valence-electron chi connectivity index (χ4n) is 4.54. The van der Waals surface area contributed by atoms with Gasteiger partial charge in [-0.1, -0.05) is 18.2 Å². The molecule has 0 spiro atoms. The highest BCUT2D eigenvalue weighted by molar-refractivity contribution is 6.05. The fourth-order valence-corrected chi connectivity index (χ4v) is 4.54. The van der Waals surface area contributed by atoms with E-state index >= 15 is 0 Å². The third kappa shape index (κ3) is 3.90. The van der Waals surface area contributed by atoms with Crippen molar-refractivity contribution in [1.29, 1.82) is 0 Å². The van der Waals surface area contributed by atoms with E-state index in [1.165, 1.54) is 19.4 Å². The van der Waals surface area contributed by atoms with Crippen LogP contribution in [0.4, 0.5) is 13.2 Å². The minimum atomic E-state index is -1.34. The summed E-state index contributed by atoms with van der Waals surface area (Å²) in [7, 11) is 1.25. The van der Waals surface area contributed by atoms with Crippen LogP contribution in [0.3, 0.4) is 0 Å². The Morgan fingerprint density at radius 3 is 2.53 bits per heavy atom. The zero-order valence-corrected chi connectivity index (χ0v) is 18.6. The van der Waals surface area contributed by atoms with Crippen molar-refractivity contribution in [1.82, 2.24) is 4.98 Å². The Morgan fingerprint density at radius 2 is 1.85 bits per heavy atom. The van der Waals surface area contributed by atoms with E-state index in [1.54, 1.807) is 19.1 Å². The molecule has 0 unspecified atom stereocenters. The van der Waals surface area contributed by atoms with Gasteiger partial charge in [-0.15, -0.1) is 0 Å². The van der Waals surface area contributed by atoms with Crippen molar-refractivity contribution >= 4 is 22.8 Å². The number of pyridine rings is 1. The molecule has 0 N–H and O–H groups in total. The highest BCUT2D eigenvalue weighted by atomic mass is 19.2. The lowest BCUT2D eigenvalue weighted by molar-refractivity contribution is -0.151. The molecule has 0 radical (unpaired) electrons. The summed E-state index contributed by atoms with van der Waals surface area (Å²) in [6.07, 6.45) is 1.68. The quantitative estimate of drug-likeness (QED) is 0.395. The van der Waals surface area contributed by atoms with Gasteiger partial charge in [-0.2, -0.15) is 0 Å². The lowest BCUT2D eigenvalue weighted by atomic mass is 9.71. The number of carbonyl (C=O) groups excluding carboxylic acids is 2. The molecule has 34 heavy (non-hydrogen) atoms. The van der Waals surface area contributed by atoms with Crippen LogP contribution in [-0.2, 0) is 24.4 Å². The molecule has 1 fully saturated rings. The van der Waals surface area contributed by atoms with Crippen LogP contribution < -0.4 is 0 Å². The number of hydrogen-bond acceptors (Lipinski definition) is 6. The molecule has 4 rings (SSSR count). The van der Waals surface area contributed by atoms with Crippen LogP contribution in [0.1, 0.15) is 35.7 Å². The van der Waals surface area contributed by atoms with E-state index in [4.69, 9.17) is 14.2 Å². The first-order chi connectivity index (χ1) is 16.3. The van der Waals surface area contributed by atoms with Crippen LogP contribution in [0.2, 0.25) is 0 Å². The van der Waals surface area contributed by atoms with Gasteiger partial charge in [0.05, 0.1) is 30.2 Å². The van der Waals surface area contributed by atoms with Crippen LogP contribution in [0.25, 0.3) is 22.0 Å². The number of aromatic nitrogens is 1. The third-order valence-electron chi connectivity index (χ3n) is 6.08. The van der Waals surface area contributed by atoms with Gasteiger partial charge in [0.15, 0.2) is 11.6 Å². The summed E-state index contributed by atoms with van der Waals surface area (Å²) in [6.45, 7) is 2.23. The number of hydrogen-bond donors (Lipinski definition) is 0. The second-order valence-corrected chi connectivity index (χ2v) is 7.90. The van der Waals surface area contributed by atoms with Crippen molar-refractivity contribution in [2.24, 2.45) is 0 Å². The van der Waals surface area contributed by atoms with Crippen LogP contribution >= 0.6 is 0 Å². The van der Waals surface area contributed by atoms with E-state index in [0.29, 0.717) is 17.0 Å². The van der Waals surface area contributed by atoms with Gasteiger partial charge in [-0.05, 0) is 31.4 Å². The maximum atomic E-state index is 14.7. The molecule has 1 saturated heterocycles. The molecule has 3 aromatic rings. The number of benzene rings is 2. The van der Waals surface area contributed by atoms with Gasteiger partial charge in [0.2, 0.25) is 0 Å². The van der Waals surface area contributed by atoms with Crippen molar-refractivity contribution in [3.8, 4) is 11.1 Å². The Bertz CT molecular complexity index is 1270. The van der Waals surface area contributed by atoms with Crippen molar-refractivity contribution < 1.29 is 37.0 Å². The van der Waals surface area contributed by atoms with Crippen LogP contribution in [0, 0.1) is 17.5 Å². The standard InChI is InChI=1S/C25H22F3NO5/c1-3-34-23(30)18-13-29-22-15(17-11-14(26)12-19(27)21(17)28)5-4-6-16(22)20(18)25(24(31)32-2)7-9-33-10-8-25/h4-6,11-13H,3,7-10H2,1-2H3. The first-order valence-corrected chi connectivity index (χ1v) is 10.7. The van der Waals surface area contributed by atoms with Crippen molar-refractivity contribution in [2.45, 2.75) is 25.2 Å². The number of halogens is 3. The third-order valence-corrected chi connectivity index (χ3v) is 6.08. The number of para-hydroxylation sites is 1. The second-order valence-electron chi connectivity index (χ2n) is 7.90. The smallest absolute Gasteiger partial charge is 0.340 e. The molecule has 0 saturated carbocycles. The minimum absolute atomic E-state index is 0.0599. The summed E-state index contributed by atoms with van der Waals surface area (Å²) < 4.78 is 58.4. The number of carbonyl (C=O) groups is 2. The first-order valence-electron chi connectivity index (χ1n) is 10.7. The summed E-state index contributed by atoms with van der Waals surface area (Å²) >= 11 is 0. The molecule has 0 amide bonds. The lowest BCUT2D eigenvalue weighted by Crippen LogP contribution is -2.43. The van der Waals surface area contributed by atoms with Crippen LogP contribution in [-0.4, -0.2) is 43.9 Å². The summed E-state index contributed by atoms with van der Waals surface area (Å²) in [5.74, 6) is -4.78. The summed E-state index contributed by atoms with van der Waals surface area (Å²) in [5.41, 5.74) is -0.943. The number of rotatable bonds is 5. The first kappa shape index (κ1) is 23.7. The van der Waals surface area contributed by atoms with E-state index in [2.05, 4.69) is 4.98 Å². The van der Waals surface area contributed by atoms with Crippen molar-refractivity contribution in [2.75, 3.05) is 26.9 Å². The van der Waals surface area contributed by atoms with E-state index in [0.717, 1.165) is 6.07 Å². The van der Waals surface area contributed by atoms with E-state index in [9.17, 15) is 22.8 Å². The SMILES string of the molecule is CCOC(=O)c1cnc2c(-c3cc(F)cc(F)c3F)cccc2c1C1(C(=O)OC)CCOCC1. The normalized spacial score (nSPS) is 15.2. The zero-order valence-electron chi connectivity index (χ0n) is 18.6. The maximum absolute atomic E-state index is 14.7. The van der Waals surface area contributed by atoms with Crippen LogP contribution in [0.5, 0.6) is 0 Å². The van der Waals surface area contributed by atoms with Gasteiger partial charge < -0.3 is 14.2 Å². The molecule has 0 aliphatic carbocycles. The predicted molar refractivity (Wildman–Crippen MR) is 117 cm³/mol. The Labute approximate surface area is 193 Å². The molecule has 9 heteroatoms. The summed E-state index contributed by atoms with van der Waals surface area (Å²) in [5, 5.41) is 0.347. The molecule has 1 aliphatic rings. The Balaban J connectivity index is 2.09. The predicted octanol–water partition coefficient (Wildman–Crippen LogP) is 4.72. The average molecular weight is 473 g/mol. The van der Waals surface area contributed by atoms with Crippen molar-refractivity contribution in [3.05, 3.63) is 65.1 Å². The van der Waals surface area contributed by atoms with Gasteiger partial charge in [-0.3, -0.25) is 9.78 Å². The highest BCUT2D eigenvalue weighted by Gasteiger charge is 2.46. The summed E-state index contributed by atoms with van der Waals surface area (Å²) in [6, 6.07) is 5.96. The zero-order chi connectivity index (χ0) is 24.5. The molecule has 2 aromatic carbocycles. The van der Waals surface area contributed by atoms with Crippen molar-refractivity contribution in [3.63, 3.8) is 0 Å². The summed E-state index contributed by atoms with van der Waals surface area (Å²) in [4.78, 5) is 30.4. The molecule has 6 nitrogen and oxygen atoms in total. The maximum Gasteiger partial charge on any atom is 0.340 e. The number of ether oxygens (including phenoxy) is 3. The van der Waals surface area contributed by atoms with Gasteiger partial charge >= 0.3 is 11.9 Å². The van der Waals surface area contributed by atoms with E-state index < -0.39 is 34.8 Å². The topological polar surface area (TPSA) is 74.7 Å². The number of methoxy groups -OCH3 is 1. The number of fused-ring (bicyclic) bond motifs is 1. The minimum Gasteiger partial charge on any atom is -0.468 e. The molecule has 0 atom stereocenters. The lowest BCUT2D eigenvalue weighted by Gasteiger charge is -2.36. The molecule has 2 heterocycles. The molecule has 1 aliphatic heterocycles. The largest absolute Gasteiger partial charge is 0.468 e. The Morgan fingerprint density at radius 1 is 1.12 bits per heavy atom. The van der Waals surface area contributed by atoms with Gasteiger partial charge in [0.1, 0.15) is 5.82 Å².